The summed E-state index contributed by atoms with van der Waals surface area (Å²) in [4.78, 5) is 2.48. The van der Waals surface area contributed by atoms with Gasteiger partial charge in [-0.3, -0.25) is 4.90 Å². The zero-order valence-electron chi connectivity index (χ0n) is 11.7. The van der Waals surface area contributed by atoms with Crippen molar-refractivity contribution in [3.8, 4) is 0 Å². The van der Waals surface area contributed by atoms with Crippen molar-refractivity contribution in [1.29, 1.82) is 0 Å². The molecule has 1 N–H and O–H groups in total. The molecule has 3 rings (SSSR count). The number of hydrogen-bond donors (Lipinski definition) is 1. The van der Waals surface area contributed by atoms with E-state index in [1.165, 1.54) is 11.1 Å². The number of piperidine rings is 1. The fourth-order valence-corrected chi connectivity index (χ4v) is 3.03. The van der Waals surface area contributed by atoms with Crippen molar-refractivity contribution in [3.05, 3.63) is 71.8 Å². The lowest BCUT2D eigenvalue weighted by molar-refractivity contribution is 0.0688. The lowest BCUT2D eigenvalue weighted by Crippen LogP contribution is -2.38. The van der Waals surface area contributed by atoms with Crippen LogP contribution in [0.5, 0.6) is 0 Å². The molecule has 2 aromatic carbocycles. The highest BCUT2D eigenvalue weighted by Gasteiger charge is 2.26. The molecular weight excluding hydrogens is 246 g/mol. The third-order valence-corrected chi connectivity index (χ3v) is 4.09. The van der Waals surface area contributed by atoms with Crippen molar-refractivity contribution in [3.63, 3.8) is 0 Å². The van der Waals surface area contributed by atoms with E-state index in [0.717, 1.165) is 25.9 Å². The Morgan fingerprint density at radius 2 is 1.25 bits per heavy atom. The van der Waals surface area contributed by atoms with Crippen LogP contribution in [0.3, 0.4) is 0 Å². The maximum Gasteiger partial charge on any atom is 0.0601 e. The van der Waals surface area contributed by atoms with Gasteiger partial charge < -0.3 is 5.11 Å². The largest absolute Gasteiger partial charge is 0.393 e. The fourth-order valence-electron chi connectivity index (χ4n) is 3.03. The van der Waals surface area contributed by atoms with Crippen LogP contribution in [-0.2, 0) is 0 Å². The quantitative estimate of drug-likeness (QED) is 0.923. The van der Waals surface area contributed by atoms with E-state index in [1.54, 1.807) is 0 Å². The van der Waals surface area contributed by atoms with Crippen LogP contribution in [0.15, 0.2) is 60.7 Å². The Bertz CT molecular complexity index is 478. The van der Waals surface area contributed by atoms with Crippen LogP contribution in [0.2, 0.25) is 0 Å². The van der Waals surface area contributed by atoms with E-state index in [-0.39, 0.29) is 6.10 Å². The van der Waals surface area contributed by atoms with Gasteiger partial charge in [-0.2, -0.15) is 0 Å². The molecule has 2 heteroatoms. The molecule has 0 aromatic heterocycles. The Morgan fingerprint density at radius 1 is 0.800 bits per heavy atom. The third-order valence-electron chi connectivity index (χ3n) is 4.09. The summed E-state index contributed by atoms with van der Waals surface area (Å²) in [5.41, 5.74) is 2.66. The van der Waals surface area contributed by atoms with Crippen LogP contribution in [0.4, 0.5) is 0 Å². The molecule has 1 saturated heterocycles. The zero-order chi connectivity index (χ0) is 13.8. The van der Waals surface area contributed by atoms with E-state index in [4.69, 9.17) is 0 Å². The van der Waals surface area contributed by atoms with Gasteiger partial charge in [-0.25, -0.2) is 0 Å². The molecule has 1 fully saturated rings. The Morgan fingerprint density at radius 3 is 1.70 bits per heavy atom. The van der Waals surface area contributed by atoms with Crippen LogP contribution in [0.25, 0.3) is 0 Å². The first-order chi connectivity index (χ1) is 9.84. The van der Waals surface area contributed by atoms with Gasteiger partial charge >= 0.3 is 0 Å². The molecule has 1 aliphatic heterocycles. The van der Waals surface area contributed by atoms with E-state index < -0.39 is 0 Å². The van der Waals surface area contributed by atoms with Crippen molar-refractivity contribution in [2.75, 3.05) is 13.1 Å². The SMILES string of the molecule is OC1CCN(C(c2ccccc2)c2ccccc2)CC1. The number of nitrogens with zero attached hydrogens (tertiary/aromatic N) is 1. The average molecular weight is 267 g/mol. The molecule has 0 unspecified atom stereocenters. The standard InChI is InChI=1S/C18H21NO/c20-17-11-13-19(14-12-17)18(15-7-3-1-4-8-15)16-9-5-2-6-10-16/h1-10,17-18,20H,11-14H2. The molecular formula is C18H21NO. The molecule has 0 saturated carbocycles. The molecule has 0 amide bonds. The van der Waals surface area contributed by atoms with Gasteiger partial charge in [0.25, 0.3) is 0 Å². The van der Waals surface area contributed by atoms with Crippen molar-refractivity contribution in [1.82, 2.24) is 4.90 Å². The summed E-state index contributed by atoms with van der Waals surface area (Å²) in [6.07, 6.45) is 1.62. The summed E-state index contributed by atoms with van der Waals surface area (Å²) < 4.78 is 0. The summed E-state index contributed by atoms with van der Waals surface area (Å²) in [7, 11) is 0. The average Bonchev–Trinajstić information content (AvgIpc) is 2.52. The molecule has 104 valence electrons. The number of benzene rings is 2. The van der Waals surface area contributed by atoms with Gasteiger partial charge in [0, 0.05) is 13.1 Å². The number of rotatable bonds is 3. The highest BCUT2D eigenvalue weighted by Crippen LogP contribution is 2.30. The van der Waals surface area contributed by atoms with Gasteiger partial charge in [0.05, 0.1) is 12.1 Å². The second kappa shape index (κ2) is 6.21. The van der Waals surface area contributed by atoms with Gasteiger partial charge in [0.15, 0.2) is 0 Å². The maximum atomic E-state index is 9.72. The lowest BCUT2D eigenvalue weighted by atomic mass is 9.94. The Hall–Kier alpha value is -1.64. The molecule has 1 heterocycles. The van der Waals surface area contributed by atoms with Crippen LogP contribution in [0, 0.1) is 0 Å². The minimum absolute atomic E-state index is 0.126. The van der Waals surface area contributed by atoms with E-state index in [1.807, 2.05) is 0 Å². The summed E-state index contributed by atoms with van der Waals surface area (Å²) >= 11 is 0. The van der Waals surface area contributed by atoms with Crippen molar-refractivity contribution < 1.29 is 5.11 Å². The van der Waals surface area contributed by atoms with Crippen LogP contribution in [0.1, 0.15) is 30.0 Å². The van der Waals surface area contributed by atoms with Gasteiger partial charge in [0.2, 0.25) is 0 Å². The number of hydrogen-bond acceptors (Lipinski definition) is 2. The number of likely N-dealkylation sites (tertiary alicyclic amines) is 1. The molecule has 2 aromatic rings. The lowest BCUT2D eigenvalue weighted by Gasteiger charge is -2.36. The molecule has 2 nitrogen and oxygen atoms in total. The molecule has 0 bridgehead atoms. The van der Waals surface area contributed by atoms with Crippen molar-refractivity contribution >= 4 is 0 Å². The zero-order valence-corrected chi connectivity index (χ0v) is 11.7. The second-order valence-electron chi connectivity index (χ2n) is 5.49. The minimum Gasteiger partial charge on any atom is -0.393 e. The summed E-state index contributed by atoms with van der Waals surface area (Å²) in [6.45, 7) is 1.91. The van der Waals surface area contributed by atoms with Gasteiger partial charge in [-0.05, 0) is 24.0 Å². The van der Waals surface area contributed by atoms with Crippen LogP contribution < -0.4 is 0 Å². The first-order valence-corrected chi connectivity index (χ1v) is 7.36. The molecule has 0 spiro atoms. The smallest absolute Gasteiger partial charge is 0.0601 e. The normalized spacial score (nSPS) is 17.5. The first-order valence-electron chi connectivity index (χ1n) is 7.36. The second-order valence-corrected chi connectivity index (χ2v) is 5.49. The Labute approximate surface area is 120 Å². The first kappa shape index (κ1) is 13.3. The van der Waals surface area contributed by atoms with Gasteiger partial charge in [-0.1, -0.05) is 60.7 Å². The van der Waals surface area contributed by atoms with Crippen molar-refractivity contribution in [2.45, 2.75) is 25.0 Å². The van der Waals surface area contributed by atoms with Crippen LogP contribution >= 0.6 is 0 Å². The predicted molar refractivity (Wildman–Crippen MR) is 81.5 cm³/mol. The van der Waals surface area contributed by atoms with E-state index in [9.17, 15) is 5.11 Å². The molecule has 20 heavy (non-hydrogen) atoms. The van der Waals surface area contributed by atoms with Gasteiger partial charge in [0.1, 0.15) is 0 Å². The number of aliphatic hydroxyl groups excluding tert-OH is 1. The number of aliphatic hydroxyl groups is 1. The topological polar surface area (TPSA) is 23.5 Å². The summed E-state index contributed by atoms with van der Waals surface area (Å²) in [5.74, 6) is 0. The van der Waals surface area contributed by atoms with E-state index in [2.05, 4.69) is 65.6 Å². The predicted octanol–water partition coefficient (Wildman–Crippen LogP) is 3.23. The molecule has 0 radical (unpaired) electrons. The van der Waals surface area contributed by atoms with Crippen LogP contribution in [-0.4, -0.2) is 29.2 Å². The van der Waals surface area contributed by atoms with Crippen molar-refractivity contribution in [2.24, 2.45) is 0 Å². The summed E-state index contributed by atoms with van der Waals surface area (Å²) in [5, 5.41) is 9.72. The fraction of sp³-hybridized carbons (Fsp3) is 0.333. The summed E-state index contributed by atoms with van der Waals surface area (Å²) in [6, 6.07) is 21.6. The molecule has 0 aliphatic carbocycles. The highest BCUT2D eigenvalue weighted by molar-refractivity contribution is 5.31. The molecule has 1 aliphatic rings. The molecule has 0 atom stereocenters. The monoisotopic (exact) mass is 267 g/mol. The van der Waals surface area contributed by atoms with E-state index in [0.29, 0.717) is 6.04 Å². The van der Waals surface area contributed by atoms with Gasteiger partial charge in [-0.15, -0.1) is 0 Å². The Balaban J connectivity index is 1.92. The highest BCUT2D eigenvalue weighted by atomic mass is 16.3. The Kier molecular flexibility index (Phi) is 4.14. The maximum absolute atomic E-state index is 9.72. The third kappa shape index (κ3) is 2.92. The van der Waals surface area contributed by atoms with E-state index >= 15 is 0 Å². The minimum atomic E-state index is -0.126.